The van der Waals surface area contributed by atoms with Gasteiger partial charge in [0.25, 0.3) is 0 Å². The fourth-order valence-electron chi connectivity index (χ4n) is 4.67. The number of rotatable bonds is 9. The topological polar surface area (TPSA) is 93.1 Å². The predicted octanol–water partition coefficient (Wildman–Crippen LogP) is 3.84. The first-order chi connectivity index (χ1) is 16.3. The van der Waals surface area contributed by atoms with Crippen LogP contribution < -0.4 is 0 Å². The van der Waals surface area contributed by atoms with Gasteiger partial charge in [-0.3, -0.25) is 14.5 Å². The minimum atomic E-state index is -1.16. The molecule has 1 aliphatic rings. The molecule has 2 aromatic carbocycles. The van der Waals surface area contributed by atoms with Crippen molar-refractivity contribution in [2.45, 2.75) is 57.8 Å². The number of ether oxygens (including phenoxy) is 2. The Bertz CT molecular complexity index is 1010. The zero-order valence-electron chi connectivity index (χ0n) is 20.0. The number of ketones is 1. The van der Waals surface area contributed by atoms with Crippen molar-refractivity contribution in [3.63, 3.8) is 0 Å². The van der Waals surface area contributed by atoms with Crippen molar-refractivity contribution < 1.29 is 29.0 Å². The Labute approximate surface area is 200 Å². The summed E-state index contributed by atoms with van der Waals surface area (Å²) in [4.78, 5) is 40.8. The number of nitrogens with zero attached hydrogens (tertiary/aromatic N) is 1. The Morgan fingerprint density at radius 1 is 1.09 bits per heavy atom. The fourth-order valence-corrected chi connectivity index (χ4v) is 4.67. The van der Waals surface area contributed by atoms with Gasteiger partial charge in [-0.15, -0.1) is 0 Å². The van der Waals surface area contributed by atoms with Gasteiger partial charge in [0.2, 0.25) is 0 Å². The van der Waals surface area contributed by atoms with E-state index in [9.17, 15) is 19.5 Å². The third kappa shape index (κ3) is 5.83. The SMILES string of the molecule is COC(=O)[C@H](CC(=O)C1(Cc2cccc(C)c2)CCCN1C(=O)OCc1ccccc1)[C@H](C)O. The van der Waals surface area contributed by atoms with Crippen LogP contribution in [-0.2, 0) is 32.1 Å². The molecule has 1 saturated heterocycles. The lowest BCUT2D eigenvalue weighted by molar-refractivity contribution is -0.152. The molecule has 1 N–H and O–H groups in total. The van der Waals surface area contributed by atoms with E-state index in [1.54, 1.807) is 0 Å². The highest BCUT2D eigenvalue weighted by Crippen LogP contribution is 2.37. The van der Waals surface area contributed by atoms with E-state index in [-0.39, 0.29) is 18.8 Å². The van der Waals surface area contributed by atoms with Crippen molar-refractivity contribution >= 4 is 17.8 Å². The van der Waals surface area contributed by atoms with E-state index in [1.165, 1.54) is 18.9 Å². The van der Waals surface area contributed by atoms with Gasteiger partial charge >= 0.3 is 12.1 Å². The van der Waals surface area contributed by atoms with Gasteiger partial charge < -0.3 is 14.6 Å². The van der Waals surface area contributed by atoms with E-state index >= 15 is 0 Å². The Morgan fingerprint density at radius 3 is 2.44 bits per heavy atom. The van der Waals surface area contributed by atoms with Crippen LogP contribution in [0.5, 0.6) is 0 Å². The summed E-state index contributed by atoms with van der Waals surface area (Å²) in [5, 5.41) is 10.1. The monoisotopic (exact) mass is 467 g/mol. The van der Waals surface area contributed by atoms with Crippen LogP contribution in [0.15, 0.2) is 54.6 Å². The van der Waals surface area contributed by atoms with E-state index in [2.05, 4.69) is 0 Å². The maximum absolute atomic E-state index is 13.8. The van der Waals surface area contributed by atoms with Crippen LogP contribution in [0.2, 0.25) is 0 Å². The predicted molar refractivity (Wildman–Crippen MR) is 127 cm³/mol. The number of hydrogen-bond donors (Lipinski definition) is 1. The molecule has 3 atom stereocenters. The van der Waals surface area contributed by atoms with Crippen LogP contribution in [0.4, 0.5) is 4.79 Å². The van der Waals surface area contributed by atoms with Gasteiger partial charge in [-0.25, -0.2) is 4.79 Å². The quantitative estimate of drug-likeness (QED) is 0.564. The van der Waals surface area contributed by atoms with Crippen molar-refractivity contribution in [2.24, 2.45) is 5.92 Å². The Hall–Kier alpha value is -3.19. The second-order valence-electron chi connectivity index (χ2n) is 8.99. The lowest BCUT2D eigenvalue weighted by atomic mass is 9.79. The molecule has 1 heterocycles. The maximum atomic E-state index is 13.8. The molecule has 1 aliphatic heterocycles. The van der Waals surface area contributed by atoms with Crippen molar-refractivity contribution in [2.75, 3.05) is 13.7 Å². The van der Waals surface area contributed by atoms with Gasteiger partial charge in [0, 0.05) is 19.4 Å². The molecule has 0 saturated carbocycles. The number of carbonyl (C=O) groups excluding carboxylic acids is 3. The van der Waals surface area contributed by atoms with E-state index in [0.717, 1.165) is 16.7 Å². The van der Waals surface area contributed by atoms with Crippen LogP contribution in [0.25, 0.3) is 0 Å². The molecule has 0 bridgehead atoms. The van der Waals surface area contributed by atoms with Gasteiger partial charge in [-0.2, -0.15) is 0 Å². The van der Waals surface area contributed by atoms with Gasteiger partial charge in [0.15, 0.2) is 5.78 Å². The van der Waals surface area contributed by atoms with Crippen LogP contribution in [-0.4, -0.2) is 53.1 Å². The average molecular weight is 468 g/mol. The third-order valence-corrected chi connectivity index (χ3v) is 6.50. The first kappa shape index (κ1) is 25.4. The Morgan fingerprint density at radius 2 is 1.79 bits per heavy atom. The van der Waals surface area contributed by atoms with Crippen molar-refractivity contribution in [1.29, 1.82) is 0 Å². The highest BCUT2D eigenvalue weighted by molar-refractivity contribution is 5.95. The van der Waals surface area contributed by atoms with Crippen LogP contribution in [0.1, 0.15) is 42.9 Å². The Balaban J connectivity index is 1.90. The summed E-state index contributed by atoms with van der Waals surface area (Å²) in [7, 11) is 1.23. The molecule has 1 amide bonds. The van der Waals surface area contributed by atoms with Crippen molar-refractivity contribution in [3.8, 4) is 0 Å². The number of amides is 1. The highest BCUT2D eigenvalue weighted by atomic mass is 16.6. The van der Waals surface area contributed by atoms with Crippen molar-refractivity contribution in [1.82, 2.24) is 4.90 Å². The number of Topliss-reactive ketones (excluding diaryl/α,β-unsaturated/α-hetero) is 1. The van der Waals surface area contributed by atoms with Gasteiger partial charge in [0.05, 0.1) is 19.1 Å². The number of esters is 1. The molecule has 7 nitrogen and oxygen atoms in total. The smallest absolute Gasteiger partial charge is 0.410 e. The summed E-state index contributed by atoms with van der Waals surface area (Å²) < 4.78 is 10.4. The molecule has 0 aromatic heterocycles. The highest BCUT2D eigenvalue weighted by Gasteiger charge is 2.51. The van der Waals surface area contributed by atoms with Crippen LogP contribution in [0.3, 0.4) is 0 Å². The standard InChI is InChI=1S/C27H33NO6/c1-19-9-7-12-22(15-19)17-27(24(30)16-23(20(2)29)25(31)33-3)13-8-14-28(27)26(32)34-18-21-10-5-4-6-11-21/h4-7,9-12,15,20,23,29H,8,13-14,16-18H2,1-3H3/t20-,23+,27?/m0/s1. The lowest BCUT2D eigenvalue weighted by Crippen LogP contribution is -2.55. The molecule has 3 rings (SSSR count). The first-order valence-electron chi connectivity index (χ1n) is 11.6. The molecule has 1 fully saturated rings. The molecule has 34 heavy (non-hydrogen) atoms. The fraction of sp³-hybridized carbons (Fsp3) is 0.444. The molecule has 0 aliphatic carbocycles. The minimum Gasteiger partial charge on any atom is -0.469 e. The molecular formula is C27H33NO6. The number of aryl methyl sites for hydroxylation is 1. The lowest BCUT2D eigenvalue weighted by Gasteiger charge is -2.37. The molecule has 0 spiro atoms. The molecular weight excluding hydrogens is 434 g/mol. The van der Waals surface area contributed by atoms with Crippen LogP contribution in [0, 0.1) is 12.8 Å². The largest absolute Gasteiger partial charge is 0.469 e. The summed E-state index contributed by atoms with van der Waals surface area (Å²) in [6.45, 7) is 3.91. The van der Waals surface area contributed by atoms with E-state index in [0.29, 0.717) is 25.8 Å². The first-order valence-corrected chi connectivity index (χ1v) is 11.6. The molecule has 182 valence electrons. The van der Waals surface area contributed by atoms with E-state index < -0.39 is 29.6 Å². The van der Waals surface area contributed by atoms with E-state index in [4.69, 9.17) is 9.47 Å². The Kier molecular flexibility index (Phi) is 8.45. The summed E-state index contributed by atoms with van der Waals surface area (Å²) in [5.41, 5.74) is 1.66. The summed E-state index contributed by atoms with van der Waals surface area (Å²) in [6, 6.07) is 17.2. The number of likely N-dealkylation sites (tertiary alicyclic amines) is 1. The average Bonchev–Trinajstić information content (AvgIpc) is 3.25. The minimum absolute atomic E-state index is 0.101. The molecule has 2 aromatic rings. The molecule has 0 radical (unpaired) electrons. The second-order valence-corrected chi connectivity index (χ2v) is 8.99. The van der Waals surface area contributed by atoms with Crippen molar-refractivity contribution in [3.05, 3.63) is 71.3 Å². The maximum Gasteiger partial charge on any atom is 0.410 e. The second kappa shape index (κ2) is 11.3. The van der Waals surface area contributed by atoms with Gasteiger partial charge in [-0.1, -0.05) is 60.2 Å². The van der Waals surface area contributed by atoms with Crippen LogP contribution >= 0.6 is 0 Å². The normalized spacial score (nSPS) is 19.4. The summed E-state index contributed by atoms with van der Waals surface area (Å²) >= 11 is 0. The van der Waals surface area contributed by atoms with E-state index in [1.807, 2.05) is 61.5 Å². The third-order valence-electron chi connectivity index (χ3n) is 6.50. The number of hydrogen-bond acceptors (Lipinski definition) is 6. The summed E-state index contributed by atoms with van der Waals surface area (Å²) in [5.74, 6) is -1.93. The number of carbonyl (C=O) groups is 3. The van der Waals surface area contributed by atoms with Gasteiger partial charge in [0.1, 0.15) is 12.1 Å². The number of aliphatic hydroxyl groups is 1. The zero-order valence-corrected chi connectivity index (χ0v) is 20.0. The summed E-state index contributed by atoms with van der Waals surface area (Å²) in [6.07, 6.45) is -0.453. The number of methoxy groups -OCH3 is 1. The molecule has 7 heteroatoms. The number of aliphatic hydroxyl groups excluding tert-OH is 1. The number of benzene rings is 2. The van der Waals surface area contributed by atoms with Gasteiger partial charge in [-0.05, 0) is 37.8 Å². The molecule has 1 unspecified atom stereocenters. The zero-order chi connectivity index (χ0) is 24.7.